The third kappa shape index (κ3) is 5.11. The van der Waals surface area contributed by atoms with Gasteiger partial charge in [0.15, 0.2) is 11.6 Å². The summed E-state index contributed by atoms with van der Waals surface area (Å²) in [4.78, 5) is 40.9. The molecule has 9 nitrogen and oxygen atoms in total. The first-order valence-electron chi connectivity index (χ1n) is 12.2. The molecule has 0 saturated heterocycles. The van der Waals surface area contributed by atoms with Gasteiger partial charge in [0.2, 0.25) is 0 Å². The monoisotopic (exact) mass is 499 g/mol. The topological polar surface area (TPSA) is 136 Å². The number of aryl methyl sites for hydroxylation is 2. The first-order valence-corrected chi connectivity index (χ1v) is 12.2. The van der Waals surface area contributed by atoms with Crippen LogP contribution in [0, 0.1) is 10.1 Å². The largest absolute Gasteiger partial charge is 0.511 e. The summed E-state index contributed by atoms with van der Waals surface area (Å²) in [6, 6.07) is 15.4. The molecular formula is C28H25N3O6. The predicted molar refractivity (Wildman–Crippen MR) is 135 cm³/mol. The van der Waals surface area contributed by atoms with Gasteiger partial charge in [-0.25, -0.2) is 0 Å². The molecule has 2 aliphatic rings. The van der Waals surface area contributed by atoms with Gasteiger partial charge < -0.3 is 9.63 Å². The van der Waals surface area contributed by atoms with Gasteiger partial charge in [-0.2, -0.15) is 0 Å². The number of aromatic nitrogens is 1. The van der Waals surface area contributed by atoms with E-state index in [4.69, 9.17) is 4.52 Å². The number of aliphatic hydroxyl groups excluding tert-OH is 1. The van der Waals surface area contributed by atoms with E-state index in [1.54, 1.807) is 0 Å². The van der Waals surface area contributed by atoms with E-state index in [0.29, 0.717) is 47.7 Å². The van der Waals surface area contributed by atoms with E-state index in [0.717, 1.165) is 12.0 Å². The summed E-state index contributed by atoms with van der Waals surface area (Å²) in [6.45, 7) is 0. The van der Waals surface area contributed by atoms with Crippen molar-refractivity contribution in [2.45, 2.75) is 50.9 Å². The van der Waals surface area contributed by atoms with E-state index in [1.165, 1.54) is 24.3 Å². The van der Waals surface area contributed by atoms with Crippen molar-refractivity contribution < 1.29 is 24.1 Å². The van der Waals surface area contributed by atoms with Crippen molar-refractivity contribution in [2.75, 3.05) is 0 Å². The number of carbonyl (C=O) groups is 2. The fourth-order valence-electron chi connectivity index (χ4n) is 5.01. The van der Waals surface area contributed by atoms with E-state index < -0.39 is 4.92 Å². The third-order valence-corrected chi connectivity index (χ3v) is 6.84. The molecule has 37 heavy (non-hydrogen) atoms. The highest BCUT2D eigenvalue weighted by molar-refractivity contribution is 6.25. The lowest BCUT2D eigenvalue weighted by Gasteiger charge is -2.26. The summed E-state index contributed by atoms with van der Waals surface area (Å²) in [6.07, 6.45) is 2.83. The van der Waals surface area contributed by atoms with Gasteiger partial charge in [0.05, 0.1) is 33.2 Å². The zero-order valence-electron chi connectivity index (χ0n) is 20.1. The van der Waals surface area contributed by atoms with E-state index >= 15 is 0 Å². The molecule has 1 atom stereocenters. The Balaban J connectivity index is 1.47. The number of hydrogen-bond donors (Lipinski definition) is 1. The number of nitrogens with zero attached hydrogens (tertiary/aromatic N) is 3. The Hall–Kier alpha value is -4.40. The number of aliphatic imine (C=N–C) groups is 1. The highest BCUT2D eigenvalue weighted by atomic mass is 16.6. The fraction of sp³-hybridized carbons (Fsp3) is 0.286. The molecule has 1 saturated carbocycles. The SMILES string of the molecule is O=C1CC(c2ccccc2)CC(=Nc2ccc([N+](=O)[O-])cc2)C1=C(O)CCc1noc2c1C(=O)CCC2. The predicted octanol–water partition coefficient (Wildman–Crippen LogP) is 5.77. The van der Waals surface area contributed by atoms with Crippen LogP contribution in [-0.4, -0.2) is 32.5 Å². The van der Waals surface area contributed by atoms with E-state index in [2.05, 4.69) is 10.1 Å². The maximum Gasteiger partial charge on any atom is 0.269 e. The number of nitro benzene ring substituents is 1. The van der Waals surface area contributed by atoms with Crippen LogP contribution in [0.5, 0.6) is 0 Å². The summed E-state index contributed by atoms with van der Waals surface area (Å²) in [5.74, 6) is 0.124. The fourth-order valence-corrected chi connectivity index (χ4v) is 5.01. The second kappa shape index (κ2) is 10.3. The molecule has 1 fully saturated rings. The molecule has 0 spiro atoms. The Kier molecular flexibility index (Phi) is 6.76. The number of Topliss-reactive ketones (excluding diaryl/α,β-unsaturated/α-hetero) is 2. The molecule has 5 rings (SSSR count). The molecule has 1 N–H and O–H groups in total. The Labute approximate surface area is 212 Å². The van der Waals surface area contributed by atoms with Crippen molar-refractivity contribution >= 4 is 28.7 Å². The van der Waals surface area contributed by atoms with Gasteiger partial charge in [-0.3, -0.25) is 24.7 Å². The van der Waals surface area contributed by atoms with Gasteiger partial charge in [0.1, 0.15) is 11.5 Å². The van der Waals surface area contributed by atoms with Gasteiger partial charge in [0.25, 0.3) is 5.69 Å². The van der Waals surface area contributed by atoms with Crippen LogP contribution in [0.25, 0.3) is 0 Å². The molecule has 0 amide bonds. The molecule has 3 aromatic rings. The minimum atomic E-state index is -0.489. The maximum atomic E-state index is 13.3. The van der Waals surface area contributed by atoms with Gasteiger partial charge in [-0.05, 0) is 36.5 Å². The molecule has 0 radical (unpaired) electrons. The Morgan fingerprint density at radius 3 is 2.54 bits per heavy atom. The molecule has 188 valence electrons. The van der Waals surface area contributed by atoms with E-state index in [9.17, 15) is 24.8 Å². The molecule has 1 aromatic heterocycles. The zero-order valence-corrected chi connectivity index (χ0v) is 20.1. The number of ketones is 2. The number of fused-ring (bicyclic) bond motifs is 1. The molecular weight excluding hydrogens is 474 g/mol. The second-order valence-corrected chi connectivity index (χ2v) is 9.30. The van der Waals surface area contributed by atoms with Crippen LogP contribution in [0.2, 0.25) is 0 Å². The van der Waals surface area contributed by atoms with E-state index in [1.807, 2.05) is 30.3 Å². The zero-order chi connectivity index (χ0) is 25.9. The molecule has 1 heterocycles. The van der Waals surface area contributed by atoms with Crippen molar-refractivity contribution in [1.29, 1.82) is 0 Å². The van der Waals surface area contributed by atoms with Crippen molar-refractivity contribution in [3.63, 3.8) is 0 Å². The lowest BCUT2D eigenvalue weighted by Crippen LogP contribution is -2.26. The van der Waals surface area contributed by atoms with Crippen LogP contribution >= 0.6 is 0 Å². The Bertz CT molecular complexity index is 1420. The number of non-ortho nitro benzene ring substituents is 1. The summed E-state index contributed by atoms with van der Waals surface area (Å²) >= 11 is 0. The third-order valence-electron chi connectivity index (χ3n) is 6.84. The normalized spacial score (nSPS) is 20.1. The summed E-state index contributed by atoms with van der Waals surface area (Å²) in [7, 11) is 0. The first kappa shape index (κ1) is 24.3. The van der Waals surface area contributed by atoms with Gasteiger partial charge in [-0.1, -0.05) is 35.5 Å². The number of carbonyl (C=O) groups excluding carboxylic acids is 2. The first-order chi connectivity index (χ1) is 17.9. The number of benzene rings is 2. The highest BCUT2D eigenvalue weighted by Crippen LogP contribution is 2.35. The quantitative estimate of drug-likeness (QED) is 0.197. The smallest absolute Gasteiger partial charge is 0.269 e. The molecule has 1 unspecified atom stereocenters. The van der Waals surface area contributed by atoms with Crippen molar-refractivity contribution in [3.05, 3.63) is 98.6 Å². The van der Waals surface area contributed by atoms with E-state index in [-0.39, 0.29) is 53.8 Å². The Morgan fingerprint density at radius 1 is 1.05 bits per heavy atom. The summed E-state index contributed by atoms with van der Waals surface area (Å²) in [5.41, 5.74) is 2.97. The van der Waals surface area contributed by atoms with Gasteiger partial charge in [-0.15, -0.1) is 0 Å². The average molecular weight is 500 g/mol. The lowest BCUT2D eigenvalue weighted by molar-refractivity contribution is -0.384. The lowest BCUT2D eigenvalue weighted by atomic mass is 9.78. The molecule has 0 bridgehead atoms. The minimum absolute atomic E-state index is 0.00971. The highest BCUT2D eigenvalue weighted by Gasteiger charge is 2.33. The van der Waals surface area contributed by atoms with Crippen LogP contribution in [0.15, 0.2) is 75.4 Å². The number of hydrogen-bond acceptors (Lipinski definition) is 8. The minimum Gasteiger partial charge on any atom is -0.511 e. The standard InChI is InChI=1S/C28H25N3O6/c32-23-7-4-8-26-28(23)21(30-37-26)13-14-24(33)27-22(29-19-9-11-20(12-10-19)31(35)36)15-18(16-25(27)34)17-5-2-1-3-6-17/h1-3,5-6,9-12,18,33H,4,7-8,13-16H2. The van der Waals surface area contributed by atoms with Crippen molar-refractivity contribution in [2.24, 2.45) is 4.99 Å². The number of allylic oxidation sites excluding steroid dienone is 2. The number of nitro groups is 1. The van der Waals surface area contributed by atoms with Gasteiger partial charge >= 0.3 is 0 Å². The van der Waals surface area contributed by atoms with Crippen LogP contribution < -0.4 is 0 Å². The van der Waals surface area contributed by atoms with Crippen molar-refractivity contribution in [3.8, 4) is 0 Å². The van der Waals surface area contributed by atoms with Crippen molar-refractivity contribution in [1.82, 2.24) is 5.16 Å². The molecule has 0 aliphatic heterocycles. The van der Waals surface area contributed by atoms with Crippen LogP contribution in [-0.2, 0) is 17.6 Å². The number of aliphatic hydroxyl groups is 1. The van der Waals surface area contributed by atoms with Crippen LogP contribution in [0.4, 0.5) is 11.4 Å². The Morgan fingerprint density at radius 2 is 1.81 bits per heavy atom. The summed E-state index contributed by atoms with van der Waals surface area (Å²) < 4.78 is 5.34. The summed E-state index contributed by atoms with van der Waals surface area (Å²) in [5, 5.41) is 26.1. The van der Waals surface area contributed by atoms with Crippen LogP contribution in [0.1, 0.15) is 65.4 Å². The maximum absolute atomic E-state index is 13.3. The van der Waals surface area contributed by atoms with Crippen LogP contribution in [0.3, 0.4) is 0 Å². The van der Waals surface area contributed by atoms with Gasteiger partial charge in [0, 0.05) is 44.2 Å². The average Bonchev–Trinajstić information content (AvgIpc) is 3.32. The second-order valence-electron chi connectivity index (χ2n) is 9.30. The molecule has 2 aliphatic carbocycles. The molecule has 9 heteroatoms. The number of rotatable bonds is 6. The molecule has 2 aromatic carbocycles.